The molecule has 0 aromatic heterocycles. The SMILES string of the molecule is Cc1c(F)c(F)cc2c1NC(=O)CN(C(=O)C[C@H](N)CC1CC(F)=C(F)C=C1F)C2. The molecule has 1 aliphatic carbocycles. The number of carbonyl (C=O) groups excluding carboxylic acids is 2. The highest BCUT2D eigenvalue weighted by molar-refractivity contribution is 5.97. The van der Waals surface area contributed by atoms with E-state index >= 15 is 0 Å². The third-order valence-corrected chi connectivity index (χ3v) is 5.21. The van der Waals surface area contributed by atoms with Crippen LogP contribution in [0.1, 0.15) is 30.4 Å². The van der Waals surface area contributed by atoms with Gasteiger partial charge in [0.05, 0.1) is 5.69 Å². The van der Waals surface area contributed by atoms with Crippen molar-refractivity contribution in [2.75, 3.05) is 11.9 Å². The van der Waals surface area contributed by atoms with E-state index in [1.807, 2.05) is 0 Å². The van der Waals surface area contributed by atoms with Gasteiger partial charge in [0.25, 0.3) is 0 Å². The maximum Gasteiger partial charge on any atom is 0.244 e. The minimum absolute atomic E-state index is 0.0776. The van der Waals surface area contributed by atoms with Crippen LogP contribution in [0, 0.1) is 24.5 Å². The Morgan fingerprint density at radius 3 is 2.67 bits per heavy atom. The molecule has 3 rings (SSSR count). The summed E-state index contributed by atoms with van der Waals surface area (Å²) < 4.78 is 67.9. The molecule has 0 saturated heterocycles. The smallest absolute Gasteiger partial charge is 0.244 e. The molecule has 3 N–H and O–H groups in total. The molecule has 0 radical (unpaired) electrons. The maximum absolute atomic E-state index is 13.9. The standard InChI is InChI=1S/C20H20F5N3O2/c1-9-19(25)16(24)4-11-7-28(8-17(29)27-20(9)11)18(30)5-12(26)2-10-3-14(22)15(23)6-13(10)21/h4,6,10,12H,2-3,5,7-8,26H2,1H3,(H,27,29)/t10?,12-/m1/s1. The number of amides is 2. The van der Waals surface area contributed by atoms with E-state index in [4.69, 9.17) is 5.73 Å². The molecule has 2 amide bonds. The van der Waals surface area contributed by atoms with Crippen molar-refractivity contribution in [2.24, 2.45) is 11.7 Å². The molecular formula is C20H20F5N3O2. The first-order chi connectivity index (χ1) is 14.1. The van der Waals surface area contributed by atoms with Gasteiger partial charge in [-0.3, -0.25) is 9.59 Å². The van der Waals surface area contributed by atoms with Gasteiger partial charge in [-0.05, 0) is 25.0 Å². The highest BCUT2D eigenvalue weighted by Crippen LogP contribution is 2.34. The molecule has 0 spiro atoms. The Hall–Kier alpha value is -2.75. The van der Waals surface area contributed by atoms with Gasteiger partial charge in [0, 0.05) is 43.0 Å². The molecule has 30 heavy (non-hydrogen) atoms. The van der Waals surface area contributed by atoms with Gasteiger partial charge in [-0.15, -0.1) is 0 Å². The number of halogens is 5. The van der Waals surface area contributed by atoms with E-state index in [2.05, 4.69) is 5.32 Å². The fourth-order valence-corrected chi connectivity index (χ4v) is 3.63. The lowest BCUT2D eigenvalue weighted by molar-refractivity contribution is -0.135. The van der Waals surface area contributed by atoms with Gasteiger partial charge in [0.15, 0.2) is 17.5 Å². The minimum Gasteiger partial charge on any atom is -0.329 e. The Labute approximate surface area is 169 Å². The lowest BCUT2D eigenvalue weighted by Crippen LogP contribution is -2.39. The van der Waals surface area contributed by atoms with Gasteiger partial charge in [-0.25, -0.2) is 22.0 Å². The van der Waals surface area contributed by atoms with Crippen molar-refractivity contribution in [1.82, 2.24) is 4.90 Å². The van der Waals surface area contributed by atoms with Crippen LogP contribution in [0.3, 0.4) is 0 Å². The second-order valence-electron chi connectivity index (χ2n) is 7.51. The highest BCUT2D eigenvalue weighted by atomic mass is 19.2. The number of carbonyl (C=O) groups is 2. The van der Waals surface area contributed by atoms with E-state index in [-0.39, 0.29) is 42.7 Å². The van der Waals surface area contributed by atoms with E-state index in [0.717, 1.165) is 11.0 Å². The van der Waals surface area contributed by atoms with Crippen molar-refractivity contribution in [3.05, 3.63) is 52.4 Å². The fourth-order valence-electron chi connectivity index (χ4n) is 3.63. The lowest BCUT2D eigenvalue weighted by atomic mass is 9.90. The van der Waals surface area contributed by atoms with Crippen LogP contribution in [0.5, 0.6) is 0 Å². The van der Waals surface area contributed by atoms with Crippen molar-refractivity contribution in [3.63, 3.8) is 0 Å². The Bertz CT molecular complexity index is 960. The Morgan fingerprint density at radius 2 is 1.97 bits per heavy atom. The number of nitrogens with zero attached hydrogens (tertiary/aromatic N) is 1. The summed E-state index contributed by atoms with van der Waals surface area (Å²) in [4.78, 5) is 25.9. The normalized spacial score (nSPS) is 20.4. The molecule has 5 nitrogen and oxygen atoms in total. The number of hydrogen-bond donors (Lipinski definition) is 2. The number of nitrogens with two attached hydrogens (primary N) is 1. The minimum atomic E-state index is -1.26. The fraction of sp³-hybridized carbons (Fsp3) is 0.400. The van der Waals surface area contributed by atoms with Crippen LogP contribution in [-0.2, 0) is 16.1 Å². The summed E-state index contributed by atoms with van der Waals surface area (Å²) >= 11 is 0. The lowest BCUT2D eigenvalue weighted by Gasteiger charge is -2.24. The monoisotopic (exact) mass is 429 g/mol. The number of rotatable bonds is 4. The molecular weight excluding hydrogens is 409 g/mol. The van der Waals surface area contributed by atoms with Gasteiger partial charge in [-0.2, -0.15) is 0 Å². The molecule has 0 fully saturated rings. The zero-order valence-corrected chi connectivity index (χ0v) is 16.1. The number of fused-ring (bicyclic) bond motifs is 1. The molecule has 0 saturated carbocycles. The third-order valence-electron chi connectivity index (χ3n) is 5.21. The van der Waals surface area contributed by atoms with Crippen LogP contribution in [0.4, 0.5) is 27.6 Å². The van der Waals surface area contributed by atoms with Crippen LogP contribution in [0.25, 0.3) is 0 Å². The van der Waals surface area contributed by atoms with Crippen LogP contribution in [-0.4, -0.2) is 29.3 Å². The number of benzene rings is 1. The van der Waals surface area contributed by atoms with Gasteiger partial charge in [-0.1, -0.05) is 0 Å². The summed E-state index contributed by atoms with van der Waals surface area (Å²) in [5.74, 6) is -7.52. The zero-order chi connectivity index (χ0) is 22.2. The van der Waals surface area contributed by atoms with Crippen molar-refractivity contribution in [2.45, 2.75) is 38.8 Å². The van der Waals surface area contributed by atoms with Crippen molar-refractivity contribution >= 4 is 17.5 Å². The van der Waals surface area contributed by atoms with Gasteiger partial charge in [0.2, 0.25) is 11.8 Å². The summed E-state index contributed by atoms with van der Waals surface area (Å²) in [7, 11) is 0. The summed E-state index contributed by atoms with van der Waals surface area (Å²) in [6.07, 6.45) is -0.420. The maximum atomic E-state index is 13.9. The Balaban J connectivity index is 1.69. The number of hydrogen-bond acceptors (Lipinski definition) is 3. The number of allylic oxidation sites excluding steroid dienone is 4. The first-order valence-corrected chi connectivity index (χ1v) is 9.28. The number of nitrogens with one attached hydrogen (secondary N) is 1. The van der Waals surface area contributed by atoms with Gasteiger partial charge < -0.3 is 16.0 Å². The first-order valence-electron chi connectivity index (χ1n) is 9.28. The molecule has 162 valence electrons. The Morgan fingerprint density at radius 1 is 1.27 bits per heavy atom. The topological polar surface area (TPSA) is 75.4 Å². The predicted octanol–water partition coefficient (Wildman–Crippen LogP) is 3.69. The average molecular weight is 429 g/mol. The van der Waals surface area contributed by atoms with Crippen LogP contribution in [0.15, 0.2) is 29.6 Å². The van der Waals surface area contributed by atoms with Crippen molar-refractivity contribution < 1.29 is 31.5 Å². The zero-order valence-electron chi connectivity index (χ0n) is 16.1. The van der Waals surface area contributed by atoms with Crippen molar-refractivity contribution in [1.29, 1.82) is 0 Å². The molecule has 10 heteroatoms. The first kappa shape index (κ1) is 21.9. The van der Waals surface area contributed by atoms with E-state index in [1.165, 1.54) is 6.92 Å². The van der Waals surface area contributed by atoms with Crippen LogP contribution in [0.2, 0.25) is 0 Å². The molecule has 1 unspecified atom stereocenters. The molecule has 2 atom stereocenters. The summed E-state index contributed by atoms with van der Waals surface area (Å²) in [6, 6.07) is 0.0306. The quantitative estimate of drug-likeness (QED) is 0.717. The summed E-state index contributed by atoms with van der Waals surface area (Å²) in [5, 5.41) is 2.47. The third kappa shape index (κ3) is 4.53. The molecule has 1 aliphatic heterocycles. The number of anilines is 1. The summed E-state index contributed by atoms with van der Waals surface area (Å²) in [6.45, 7) is 0.800. The average Bonchev–Trinajstić information content (AvgIpc) is 2.83. The second kappa shape index (κ2) is 8.55. The molecule has 1 aromatic carbocycles. The molecule has 2 aliphatic rings. The molecule has 1 aromatic rings. The van der Waals surface area contributed by atoms with Gasteiger partial charge >= 0.3 is 0 Å². The van der Waals surface area contributed by atoms with E-state index in [1.54, 1.807) is 0 Å². The van der Waals surface area contributed by atoms with E-state index in [0.29, 0.717) is 6.08 Å². The molecule has 1 heterocycles. The van der Waals surface area contributed by atoms with E-state index in [9.17, 15) is 31.5 Å². The Kier molecular flexibility index (Phi) is 6.25. The molecule has 0 bridgehead atoms. The highest BCUT2D eigenvalue weighted by Gasteiger charge is 2.30. The van der Waals surface area contributed by atoms with E-state index < -0.39 is 59.3 Å². The largest absolute Gasteiger partial charge is 0.329 e. The predicted molar refractivity (Wildman–Crippen MR) is 98.9 cm³/mol. The van der Waals surface area contributed by atoms with Gasteiger partial charge in [0.1, 0.15) is 18.2 Å². The van der Waals surface area contributed by atoms with Crippen LogP contribution < -0.4 is 11.1 Å². The van der Waals surface area contributed by atoms with Crippen molar-refractivity contribution in [3.8, 4) is 0 Å². The second-order valence-corrected chi connectivity index (χ2v) is 7.51. The summed E-state index contributed by atoms with van der Waals surface area (Å²) in [5.41, 5.74) is 6.16. The van der Waals surface area contributed by atoms with Crippen LogP contribution >= 0.6 is 0 Å².